The Balaban J connectivity index is 0.00000108. The molecule has 0 aliphatic rings. The maximum Gasteiger partial charge on any atom is 0.311 e. The van der Waals surface area contributed by atoms with Gasteiger partial charge in [0.05, 0.1) is 4.92 Å². The van der Waals surface area contributed by atoms with E-state index in [2.05, 4.69) is 22.6 Å². The summed E-state index contributed by atoms with van der Waals surface area (Å²) < 4.78 is 5.41. The summed E-state index contributed by atoms with van der Waals surface area (Å²) in [4.78, 5) is 35.1. The van der Waals surface area contributed by atoms with E-state index < -0.39 is 10.9 Å². The third-order valence-electron chi connectivity index (χ3n) is 2.37. The second kappa shape index (κ2) is 10.3. The zero-order valence-electron chi connectivity index (χ0n) is 13.8. The Labute approximate surface area is 149 Å². The van der Waals surface area contributed by atoms with E-state index in [1.807, 2.05) is 26.0 Å². The molecular formula is C15H21IN2O5. The van der Waals surface area contributed by atoms with E-state index in [1.54, 1.807) is 6.92 Å². The van der Waals surface area contributed by atoms with E-state index in [1.165, 1.54) is 18.2 Å². The fourth-order valence-electron chi connectivity index (χ4n) is 1.41. The maximum atomic E-state index is 12.0. The zero-order chi connectivity index (χ0) is 18.2. The van der Waals surface area contributed by atoms with Gasteiger partial charge in [-0.1, -0.05) is 29.5 Å². The molecule has 0 fully saturated rings. The summed E-state index contributed by atoms with van der Waals surface area (Å²) in [6.45, 7) is 2.91. The van der Waals surface area contributed by atoms with Crippen molar-refractivity contribution in [1.82, 2.24) is 4.90 Å². The number of ketones is 1. The molecule has 0 aliphatic carbocycles. The standard InChI is InChI=1S/C12H12INO5.C3H9N/c1-7(6-13)12(16)9-3-4-10(14(17)18)11(5-9)19-8(2)15;1-4(2)3/h3-5,7H,6H2,1-2H3;1-3H3. The largest absolute Gasteiger partial charge is 0.419 e. The number of ether oxygens (including phenoxy) is 1. The summed E-state index contributed by atoms with van der Waals surface area (Å²) in [5, 5.41) is 10.8. The third kappa shape index (κ3) is 8.03. The van der Waals surface area contributed by atoms with Gasteiger partial charge in [-0.25, -0.2) is 0 Å². The molecule has 0 radical (unpaired) electrons. The number of halogens is 1. The van der Waals surface area contributed by atoms with Gasteiger partial charge in [-0.2, -0.15) is 0 Å². The lowest BCUT2D eigenvalue weighted by molar-refractivity contribution is -0.385. The van der Waals surface area contributed by atoms with E-state index in [-0.39, 0.29) is 23.1 Å². The molecular weight excluding hydrogens is 415 g/mol. The molecule has 1 aromatic carbocycles. The molecule has 0 aliphatic heterocycles. The quantitative estimate of drug-likeness (QED) is 0.134. The number of nitrogens with zero attached hydrogens (tertiary/aromatic N) is 2. The first-order valence-electron chi connectivity index (χ1n) is 6.78. The average Bonchev–Trinajstić information content (AvgIpc) is 2.44. The summed E-state index contributed by atoms with van der Waals surface area (Å²) in [6.07, 6.45) is 0. The molecule has 1 unspecified atom stereocenters. The summed E-state index contributed by atoms with van der Waals surface area (Å²) >= 11 is 2.09. The Morgan fingerprint density at radius 2 is 1.87 bits per heavy atom. The van der Waals surface area contributed by atoms with Crippen LogP contribution in [-0.2, 0) is 4.79 Å². The van der Waals surface area contributed by atoms with Crippen molar-refractivity contribution in [2.45, 2.75) is 13.8 Å². The van der Waals surface area contributed by atoms with Crippen molar-refractivity contribution in [3.05, 3.63) is 33.9 Å². The smallest absolute Gasteiger partial charge is 0.311 e. The number of alkyl halides is 1. The fraction of sp³-hybridized carbons (Fsp3) is 0.467. The van der Waals surface area contributed by atoms with Gasteiger partial charge in [0, 0.05) is 28.9 Å². The number of benzene rings is 1. The van der Waals surface area contributed by atoms with Crippen molar-refractivity contribution in [1.29, 1.82) is 0 Å². The number of nitro benzene ring substituents is 1. The van der Waals surface area contributed by atoms with Crippen molar-refractivity contribution >= 4 is 40.0 Å². The molecule has 128 valence electrons. The van der Waals surface area contributed by atoms with Crippen LogP contribution in [0.25, 0.3) is 0 Å². The van der Waals surface area contributed by atoms with Crippen molar-refractivity contribution in [3.8, 4) is 5.75 Å². The van der Waals surface area contributed by atoms with Crippen LogP contribution in [-0.4, -0.2) is 47.1 Å². The van der Waals surface area contributed by atoms with Crippen LogP contribution in [0, 0.1) is 16.0 Å². The minimum atomic E-state index is -0.672. The van der Waals surface area contributed by atoms with Gasteiger partial charge in [0.2, 0.25) is 5.75 Å². The molecule has 1 rings (SSSR count). The Morgan fingerprint density at radius 3 is 2.26 bits per heavy atom. The zero-order valence-corrected chi connectivity index (χ0v) is 16.0. The number of rotatable bonds is 5. The van der Waals surface area contributed by atoms with E-state index in [0.717, 1.165) is 6.92 Å². The molecule has 0 heterocycles. The van der Waals surface area contributed by atoms with Gasteiger partial charge >= 0.3 is 11.7 Å². The van der Waals surface area contributed by atoms with E-state index in [4.69, 9.17) is 4.74 Å². The first-order chi connectivity index (χ1) is 10.6. The van der Waals surface area contributed by atoms with E-state index in [0.29, 0.717) is 9.99 Å². The predicted molar refractivity (Wildman–Crippen MR) is 96.4 cm³/mol. The number of Topliss-reactive ketones (excluding diaryl/α,β-unsaturated/α-hetero) is 1. The van der Waals surface area contributed by atoms with Crippen LogP contribution >= 0.6 is 22.6 Å². The van der Waals surface area contributed by atoms with Gasteiger partial charge in [-0.15, -0.1) is 0 Å². The topological polar surface area (TPSA) is 89.8 Å². The number of hydrogen-bond acceptors (Lipinski definition) is 6. The average molecular weight is 436 g/mol. The lowest BCUT2D eigenvalue weighted by Crippen LogP contribution is -2.13. The lowest BCUT2D eigenvalue weighted by Gasteiger charge is -2.08. The van der Waals surface area contributed by atoms with Crippen LogP contribution in [0.15, 0.2) is 18.2 Å². The van der Waals surface area contributed by atoms with Crippen molar-refractivity contribution < 1.29 is 19.2 Å². The second-order valence-electron chi connectivity index (χ2n) is 5.29. The highest BCUT2D eigenvalue weighted by Gasteiger charge is 2.21. The molecule has 0 saturated carbocycles. The molecule has 7 nitrogen and oxygen atoms in total. The Bertz CT molecular complexity index is 572. The van der Waals surface area contributed by atoms with Gasteiger partial charge in [-0.05, 0) is 33.3 Å². The van der Waals surface area contributed by atoms with Crippen molar-refractivity contribution in [3.63, 3.8) is 0 Å². The Hall–Kier alpha value is -1.55. The van der Waals surface area contributed by atoms with Crippen LogP contribution in [0.5, 0.6) is 5.75 Å². The van der Waals surface area contributed by atoms with Gasteiger partial charge in [0.1, 0.15) is 0 Å². The highest BCUT2D eigenvalue weighted by Crippen LogP contribution is 2.29. The number of esters is 1. The summed E-state index contributed by atoms with van der Waals surface area (Å²) in [7, 11) is 6.00. The van der Waals surface area contributed by atoms with Crippen LogP contribution < -0.4 is 4.74 Å². The second-order valence-corrected chi connectivity index (χ2v) is 6.18. The molecule has 0 bridgehead atoms. The molecule has 8 heteroatoms. The molecule has 0 aromatic heterocycles. The summed E-state index contributed by atoms with van der Waals surface area (Å²) in [6, 6.07) is 3.78. The van der Waals surface area contributed by atoms with E-state index in [9.17, 15) is 19.7 Å². The first kappa shape index (κ1) is 21.4. The number of nitro groups is 1. The minimum Gasteiger partial charge on any atom is -0.419 e. The minimum absolute atomic E-state index is 0.141. The monoisotopic (exact) mass is 436 g/mol. The highest BCUT2D eigenvalue weighted by atomic mass is 127. The molecule has 0 N–H and O–H groups in total. The Morgan fingerprint density at radius 1 is 1.35 bits per heavy atom. The van der Waals surface area contributed by atoms with Gasteiger partial charge in [-0.3, -0.25) is 19.7 Å². The Kier molecular flexibility index (Phi) is 9.58. The third-order valence-corrected chi connectivity index (χ3v) is 3.69. The molecule has 0 saturated heterocycles. The highest BCUT2D eigenvalue weighted by molar-refractivity contribution is 14.1. The predicted octanol–water partition coefficient (Wildman–Crippen LogP) is 2.95. The lowest BCUT2D eigenvalue weighted by atomic mass is 10.0. The SMILES string of the molecule is CC(=O)Oc1cc(C(=O)C(C)CI)ccc1[N+](=O)[O-].CN(C)C. The normalized spacial score (nSPS) is 11.3. The summed E-state index contributed by atoms with van der Waals surface area (Å²) in [5.74, 6) is -1.22. The van der Waals surface area contributed by atoms with Gasteiger partial charge in [0.15, 0.2) is 5.78 Å². The van der Waals surface area contributed by atoms with E-state index >= 15 is 0 Å². The molecule has 23 heavy (non-hydrogen) atoms. The molecule has 0 amide bonds. The van der Waals surface area contributed by atoms with Gasteiger partial charge in [0.25, 0.3) is 0 Å². The number of carbonyl (C=O) groups is 2. The number of carbonyl (C=O) groups excluding carboxylic acids is 2. The van der Waals surface area contributed by atoms with Crippen molar-refractivity contribution in [2.24, 2.45) is 5.92 Å². The van der Waals surface area contributed by atoms with Gasteiger partial charge < -0.3 is 9.64 Å². The maximum absolute atomic E-state index is 12.0. The summed E-state index contributed by atoms with van der Waals surface area (Å²) in [5.41, 5.74) is -0.0418. The van der Waals surface area contributed by atoms with Crippen molar-refractivity contribution in [2.75, 3.05) is 25.6 Å². The molecule has 1 aromatic rings. The van der Waals surface area contributed by atoms with Crippen LogP contribution in [0.1, 0.15) is 24.2 Å². The van der Waals surface area contributed by atoms with Crippen LogP contribution in [0.3, 0.4) is 0 Å². The van der Waals surface area contributed by atoms with Crippen LogP contribution in [0.2, 0.25) is 0 Å². The van der Waals surface area contributed by atoms with Crippen LogP contribution in [0.4, 0.5) is 5.69 Å². The number of hydrogen-bond donors (Lipinski definition) is 0. The first-order valence-corrected chi connectivity index (χ1v) is 8.30. The molecule has 0 spiro atoms. The fourth-order valence-corrected chi connectivity index (χ4v) is 1.81. The molecule has 1 atom stereocenters.